The molecular weight excluding hydrogens is 252 g/mol. The van der Waals surface area contributed by atoms with Crippen LogP contribution in [0, 0.1) is 0 Å². The van der Waals surface area contributed by atoms with Crippen molar-refractivity contribution in [3.05, 3.63) is 52.2 Å². The minimum atomic E-state index is -0.239. The molecule has 0 spiro atoms. The van der Waals surface area contributed by atoms with Crippen molar-refractivity contribution < 1.29 is 0 Å². The van der Waals surface area contributed by atoms with E-state index in [1.807, 2.05) is 12.1 Å². The molecule has 0 aliphatic carbocycles. The van der Waals surface area contributed by atoms with Gasteiger partial charge in [-0.2, -0.15) is 5.10 Å². The smallest absolute Gasteiger partial charge is 0.322 e. The Balaban J connectivity index is 2.16. The van der Waals surface area contributed by atoms with Crippen LogP contribution < -0.4 is 11.4 Å². The second-order valence-corrected chi connectivity index (χ2v) is 6.19. The van der Waals surface area contributed by atoms with E-state index in [1.165, 1.54) is 21.1 Å². The summed E-state index contributed by atoms with van der Waals surface area (Å²) in [6, 6.07) is 8.00. The van der Waals surface area contributed by atoms with Crippen LogP contribution in [0.15, 0.2) is 35.4 Å². The summed E-state index contributed by atoms with van der Waals surface area (Å²) in [6.45, 7) is 6.91. The van der Waals surface area contributed by atoms with E-state index in [-0.39, 0.29) is 17.1 Å². The fraction of sp³-hybridized carbons (Fsp3) is 0.467. The molecule has 1 heterocycles. The molecule has 5 heteroatoms. The van der Waals surface area contributed by atoms with Crippen molar-refractivity contribution in [1.82, 2.24) is 14.3 Å². The van der Waals surface area contributed by atoms with Gasteiger partial charge in [0, 0.05) is 13.1 Å². The number of nitrogens with zero attached hydrogens (tertiary/aromatic N) is 3. The van der Waals surface area contributed by atoms with Crippen molar-refractivity contribution in [1.29, 1.82) is 0 Å². The van der Waals surface area contributed by atoms with Gasteiger partial charge in [-0.15, -0.1) is 0 Å². The molecule has 0 saturated heterocycles. The second kappa shape index (κ2) is 5.25. The van der Waals surface area contributed by atoms with Crippen LogP contribution in [-0.4, -0.2) is 14.3 Å². The van der Waals surface area contributed by atoms with Gasteiger partial charge in [-0.05, 0) is 16.5 Å². The van der Waals surface area contributed by atoms with Crippen molar-refractivity contribution in [2.45, 2.75) is 38.8 Å². The average molecular weight is 274 g/mol. The number of benzene rings is 1. The third kappa shape index (κ3) is 2.99. The van der Waals surface area contributed by atoms with Crippen LogP contribution in [0.4, 0.5) is 0 Å². The predicted molar refractivity (Wildman–Crippen MR) is 79.5 cm³/mol. The molecule has 0 amide bonds. The summed E-state index contributed by atoms with van der Waals surface area (Å²) in [5, 5.41) is 4.02. The van der Waals surface area contributed by atoms with Crippen LogP contribution in [0.1, 0.15) is 37.9 Å². The number of hydrogen-bond acceptors (Lipinski definition) is 3. The molecular formula is C15H22N4O. The molecule has 20 heavy (non-hydrogen) atoms. The summed E-state index contributed by atoms with van der Waals surface area (Å²) in [6.07, 6.45) is 1.50. The highest BCUT2D eigenvalue weighted by Gasteiger charge is 2.15. The van der Waals surface area contributed by atoms with E-state index in [2.05, 4.69) is 38.0 Å². The molecule has 0 saturated carbocycles. The Labute approximate surface area is 119 Å². The van der Waals surface area contributed by atoms with Crippen LogP contribution in [0.25, 0.3) is 0 Å². The molecule has 1 aromatic heterocycles. The molecule has 108 valence electrons. The first-order valence-electron chi connectivity index (χ1n) is 6.73. The van der Waals surface area contributed by atoms with E-state index >= 15 is 0 Å². The van der Waals surface area contributed by atoms with Crippen LogP contribution in [0.5, 0.6) is 0 Å². The van der Waals surface area contributed by atoms with Crippen LogP contribution >= 0.6 is 0 Å². The molecule has 1 atom stereocenters. The summed E-state index contributed by atoms with van der Waals surface area (Å²) in [5.41, 5.74) is 8.41. The summed E-state index contributed by atoms with van der Waals surface area (Å²) in [5.74, 6) is 0. The number of hydrogen-bond donors (Lipinski definition) is 1. The fourth-order valence-electron chi connectivity index (χ4n) is 2.07. The van der Waals surface area contributed by atoms with Crippen molar-refractivity contribution in [3.63, 3.8) is 0 Å². The van der Waals surface area contributed by atoms with E-state index in [9.17, 15) is 4.79 Å². The maximum Gasteiger partial charge on any atom is 0.345 e. The maximum atomic E-state index is 11.7. The lowest BCUT2D eigenvalue weighted by molar-refractivity contribution is 0.508. The first-order chi connectivity index (χ1) is 9.29. The van der Waals surface area contributed by atoms with Gasteiger partial charge < -0.3 is 5.73 Å². The van der Waals surface area contributed by atoms with Gasteiger partial charge in [-0.25, -0.2) is 9.48 Å². The molecule has 1 aromatic carbocycles. The highest BCUT2D eigenvalue weighted by atomic mass is 16.2. The fourth-order valence-corrected chi connectivity index (χ4v) is 2.07. The zero-order valence-electron chi connectivity index (χ0n) is 12.5. The Bertz CT molecular complexity index is 631. The van der Waals surface area contributed by atoms with Gasteiger partial charge in [-0.1, -0.05) is 45.0 Å². The Hall–Kier alpha value is -1.88. The summed E-state index contributed by atoms with van der Waals surface area (Å²) >= 11 is 0. The molecule has 1 unspecified atom stereocenters. The molecule has 0 fully saturated rings. The summed E-state index contributed by atoms with van der Waals surface area (Å²) in [4.78, 5) is 11.7. The third-order valence-corrected chi connectivity index (χ3v) is 3.46. The highest BCUT2D eigenvalue weighted by molar-refractivity contribution is 5.29. The molecule has 2 N–H and O–H groups in total. The van der Waals surface area contributed by atoms with Crippen molar-refractivity contribution in [3.8, 4) is 0 Å². The quantitative estimate of drug-likeness (QED) is 0.924. The zero-order chi connectivity index (χ0) is 14.9. The number of aromatic nitrogens is 3. The second-order valence-electron chi connectivity index (χ2n) is 6.19. The van der Waals surface area contributed by atoms with Gasteiger partial charge in [0.1, 0.15) is 6.33 Å². The highest BCUT2D eigenvalue weighted by Crippen LogP contribution is 2.23. The molecule has 0 aliphatic rings. The van der Waals surface area contributed by atoms with Gasteiger partial charge in [0.2, 0.25) is 0 Å². The lowest BCUT2D eigenvalue weighted by Gasteiger charge is -2.20. The number of aryl methyl sites for hydroxylation is 1. The Morgan fingerprint density at radius 2 is 1.85 bits per heavy atom. The minimum Gasteiger partial charge on any atom is -0.322 e. The van der Waals surface area contributed by atoms with Gasteiger partial charge in [0.15, 0.2) is 0 Å². The third-order valence-electron chi connectivity index (χ3n) is 3.46. The van der Waals surface area contributed by atoms with Gasteiger partial charge >= 0.3 is 5.69 Å². The first kappa shape index (κ1) is 14.5. The Morgan fingerprint density at radius 3 is 2.30 bits per heavy atom. The predicted octanol–water partition coefficient (Wildman–Crippen LogP) is 1.58. The lowest BCUT2D eigenvalue weighted by atomic mass is 9.86. The maximum absolute atomic E-state index is 11.7. The normalized spacial score (nSPS) is 13.4. The SMILES string of the molecule is Cn1cnn(CC(N)c2ccc(C(C)(C)C)cc2)c1=O. The van der Waals surface area contributed by atoms with E-state index in [1.54, 1.807) is 7.05 Å². The summed E-state index contributed by atoms with van der Waals surface area (Å²) in [7, 11) is 1.68. The summed E-state index contributed by atoms with van der Waals surface area (Å²) < 4.78 is 2.83. The molecule has 5 nitrogen and oxygen atoms in total. The molecule has 2 aromatic rings. The lowest BCUT2D eigenvalue weighted by Crippen LogP contribution is -2.28. The van der Waals surface area contributed by atoms with E-state index in [4.69, 9.17) is 5.73 Å². The first-order valence-corrected chi connectivity index (χ1v) is 6.73. The van der Waals surface area contributed by atoms with Crippen LogP contribution in [0.2, 0.25) is 0 Å². The van der Waals surface area contributed by atoms with Crippen molar-refractivity contribution in [2.24, 2.45) is 12.8 Å². The van der Waals surface area contributed by atoms with Gasteiger partial charge in [-0.3, -0.25) is 4.57 Å². The zero-order valence-corrected chi connectivity index (χ0v) is 12.5. The molecule has 2 rings (SSSR count). The van der Waals surface area contributed by atoms with Crippen molar-refractivity contribution in [2.75, 3.05) is 0 Å². The topological polar surface area (TPSA) is 65.8 Å². The largest absolute Gasteiger partial charge is 0.345 e. The van der Waals surface area contributed by atoms with Gasteiger partial charge in [0.25, 0.3) is 0 Å². The van der Waals surface area contributed by atoms with Gasteiger partial charge in [0.05, 0.1) is 6.54 Å². The van der Waals surface area contributed by atoms with E-state index < -0.39 is 0 Å². The monoisotopic (exact) mass is 274 g/mol. The number of nitrogens with two attached hydrogens (primary N) is 1. The standard InChI is InChI=1S/C15H22N4O/c1-15(2,3)12-7-5-11(6-8-12)13(16)9-19-14(20)18(4)10-17-19/h5-8,10,13H,9,16H2,1-4H3. The Morgan fingerprint density at radius 1 is 1.25 bits per heavy atom. The molecule has 0 bridgehead atoms. The number of rotatable bonds is 3. The molecule has 0 aliphatic heterocycles. The minimum absolute atomic E-state index is 0.126. The van der Waals surface area contributed by atoms with E-state index in [0.29, 0.717) is 6.54 Å². The van der Waals surface area contributed by atoms with Crippen LogP contribution in [0.3, 0.4) is 0 Å². The molecule has 0 radical (unpaired) electrons. The van der Waals surface area contributed by atoms with Crippen LogP contribution in [-0.2, 0) is 19.0 Å². The van der Waals surface area contributed by atoms with Crippen molar-refractivity contribution >= 4 is 0 Å². The van der Waals surface area contributed by atoms with E-state index in [0.717, 1.165) is 5.56 Å². The average Bonchev–Trinajstić information content (AvgIpc) is 2.70. The Kier molecular flexibility index (Phi) is 3.81.